The number of nitrogens with zero attached hydrogens (tertiary/aromatic N) is 1. The summed E-state index contributed by atoms with van der Waals surface area (Å²) >= 11 is 5.92. The predicted octanol–water partition coefficient (Wildman–Crippen LogP) is 4.73. The van der Waals surface area contributed by atoms with Crippen LogP contribution in [0.3, 0.4) is 0 Å². The van der Waals surface area contributed by atoms with E-state index in [1.165, 1.54) is 10.6 Å². The number of aromatic carboxylic acids is 1. The van der Waals surface area contributed by atoms with Gasteiger partial charge in [0.25, 0.3) is 5.91 Å². The molecule has 3 rings (SSSR count). The average molecular weight is 492 g/mol. The topological polar surface area (TPSA) is 74.2 Å². The van der Waals surface area contributed by atoms with Crippen LogP contribution in [0.25, 0.3) is 10.9 Å². The molecule has 1 amide bonds. The fourth-order valence-corrected chi connectivity index (χ4v) is 3.66. The number of benzene rings is 2. The van der Waals surface area contributed by atoms with E-state index in [0.29, 0.717) is 12.1 Å². The standard InChI is InChI=1S/C21H15ClF6N2O3/c1-2-30-15-9-14(22)13(19(32)33)7-11(15)8-16(30)18(31)29-17(21(26,27)28)10-4-3-5-12(6-10)20(23,24)25/h3-9,17H,2H2,1H3,(H,29,31)(H,32,33)/p-1. The van der Waals surface area contributed by atoms with E-state index in [1.54, 1.807) is 12.2 Å². The fourth-order valence-electron chi connectivity index (χ4n) is 3.42. The summed E-state index contributed by atoms with van der Waals surface area (Å²) in [6.07, 6.45) is -9.98. The van der Waals surface area contributed by atoms with Crippen LogP contribution in [-0.4, -0.2) is 22.6 Å². The molecule has 176 valence electrons. The molecule has 0 aliphatic rings. The minimum Gasteiger partial charge on any atom is -0.545 e. The number of halogens is 7. The third-order valence-corrected chi connectivity index (χ3v) is 5.22. The molecule has 1 atom stereocenters. The number of alkyl halides is 6. The summed E-state index contributed by atoms with van der Waals surface area (Å²) < 4.78 is 81.3. The van der Waals surface area contributed by atoms with Gasteiger partial charge in [0.2, 0.25) is 0 Å². The van der Waals surface area contributed by atoms with Crippen molar-refractivity contribution in [2.24, 2.45) is 0 Å². The zero-order valence-electron chi connectivity index (χ0n) is 16.6. The number of hydrogen-bond acceptors (Lipinski definition) is 3. The molecule has 1 aromatic heterocycles. The molecule has 0 radical (unpaired) electrons. The quantitative estimate of drug-likeness (QED) is 0.524. The van der Waals surface area contributed by atoms with Crippen LogP contribution < -0.4 is 10.4 Å². The number of aromatic nitrogens is 1. The van der Waals surface area contributed by atoms with Crippen molar-refractivity contribution in [1.82, 2.24) is 9.88 Å². The van der Waals surface area contributed by atoms with Crippen LogP contribution in [0, 0.1) is 0 Å². The number of amides is 1. The molecule has 0 fully saturated rings. The van der Waals surface area contributed by atoms with E-state index in [9.17, 15) is 41.0 Å². The first-order valence-electron chi connectivity index (χ1n) is 9.33. The third kappa shape index (κ3) is 4.92. The second kappa shape index (κ2) is 8.62. The van der Waals surface area contributed by atoms with Crippen LogP contribution in [0.4, 0.5) is 26.3 Å². The van der Waals surface area contributed by atoms with Crippen LogP contribution >= 0.6 is 11.6 Å². The molecule has 1 N–H and O–H groups in total. The molecular formula is C21H14ClF6N2O3-. The summed E-state index contributed by atoms with van der Waals surface area (Å²) in [4.78, 5) is 24.0. The summed E-state index contributed by atoms with van der Waals surface area (Å²) in [6, 6.07) is 3.37. The van der Waals surface area contributed by atoms with Gasteiger partial charge in [-0.3, -0.25) is 4.79 Å². The largest absolute Gasteiger partial charge is 0.545 e. The SMILES string of the molecule is CCn1c(C(=O)NC(c2cccc(C(F)(F)F)c2)C(F)(F)F)cc2cc(C(=O)[O-])c(Cl)cc21. The van der Waals surface area contributed by atoms with Crippen LogP contribution in [0.1, 0.15) is 44.9 Å². The fraction of sp³-hybridized carbons (Fsp3) is 0.238. The van der Waals surface area contributed by atoms with Crippen molar-refractivity contribution < 1.29 is 41.0 Å². The highest BCUT2D eigenvalue weighted by molar-refractivity contribution is 6.34. The van der Waals surface area contributed by atoms with Crippen molar-refractivity contribution in [3.63, 3.8) is 0 Å². The number of hydrogen-bond donors (Lipinski definition) is 1. The zero-order valence-corrected chi connectivity index (χ0v) is 17.4. The van der Waals surface area contributed by atoms with E-state index >= 15 is 0 Å². The first kappa shape index (κ1) is 24.4. The van der Waals surface area contributed by atoms with Gasteiger partial charge in [0.1, 0.15) is 5.69 Å². The Morgan fingerprint density at radius 3 is 2.30 bits per heavy atom. The molecule has 1 heterocycles. The van der Waals surface area contributed by atoms with E-state index in [4.69, 9.17) is 11.6 Å². The number of fused-ring (bicyclic) bond motifs is 1. The van der Waals surface area contributed by atoms with Crippen LogP contribution in [0.15, 0.2) is 42.5 Å². The van der Waals surface area contributed by atoms with E-state index in [2.05, 4.69) is 0 Å². The maximum absolute atomic E-state index is 13.7. The number of carbonyl (C=O) groups excluding carboxylic acids is 2. The Labute approximate surface area is 187 Å². The molecular weight excluding hydrogens is 478 g/mol. The highest BCUT2D eigenvalue weighted by Gasteiger charge is 2.43. The number of carboxylic acids is 1. The lowest BCUT2D eigenvalue weighted by molar-refractivity contribution is -0.255. The van der Waals surface area contributed by atoms with Crippen molar-refractivity contribution in [2.75, 3.05) is 0 Å². The minimum atomic E-state index is -5.10. The second-order valence-electron chi connectivity index (χ2n) is 7.02. The Morgan fingerprint density at radius 2 is 1.76 bits per heavy atom. The Bertz CT molecular complexity index is 1230. The van der Waals surface area contributed by atoms with Crippen molar-refractivity contribution >= 4 is 34.4 Å². The van der Waals surface area contributed by atoms with Crippen LogP contribution in [-0.2, 0) is 12.7 Å². The van der Waals surface area contributed by atoms with Crippen molar-refractivity contribution in [3.8, 4) is 0 Å². The van der Waals surface area contributed by atoms with E-state index in [-0.39, 0.29) is 33.7 Å². The van der Waals surface area contributed by atoms with Gasteiger partial charge >= 0.3 is 12.4 Å². The number of nitrogens with one attached hydrogen (secondary N) is 1. The molecule has 0 aliphatic heterocycles. The molecule has 0 spiro atoms. The monoisotopic (exact) mass is 491 g/mol. The van der Waals surface area contributed by atoms with E-state index in [1.807, 2.05) is 0 Å². The summed E-state index contributed by atoms with van der Waals surface area (Å²) in [5, 5.41) is 12.9. The second-order valence-corrected chi connectivity index (χ2v) is 7.43. The Balaban J connectivity index is 2.05. The maximum Gasteiger partial charge on any atom is 0.416 e. The molecule has 33 heavy (non-hydrogen) atoms. The number of carboxylic acid groups (broad SMARTS) is 1. The highest BCUT2D eigenvalue weighted by atomic mass is 35.5. The molecule has 3 aromatic rings. The highest BCUT2D eigenvalue weighted by Crippen LogP contribution is 2.37. The first-order valence-corrected chi connectivity index (χ1v) is 9.70. The molecule has 1 unspecified atom stereocenters. The van der Waals surface area contributed by atoms with Gasteiger partial charge in [-0.1, -0.05) is 23.7 Å². The van der Waals surface area contributed by atoms with E-state index in [0.717, 1.165) is 24.3 Å². The molecule has 0 saturated heterocycles. The van der Waals surface area contributed by atoms with Gasteiger partial charge in [0.15, 0.2) is 6.04 Å². The summed E-state index contributed by atoms with van der Waals surface area (Å²) in [7, 11) is 0. The van der Waals surface area contributed by atoms with Crippen LogP contribution in [0.2, 0.25) is 5.02 Å². The zero-order chi connectivity index (χ0) is 24.7. The van der Waals surface area contributed by atoms with Gasteiger partial charge in [0, 0.05) is 17.5 Å². The molecule has 0 bridgehead atoms. The Kier molecular flexibility index (Phi) is 6.38. The van der Waals surface area contributed by atoms with Gasteiger partial charge in [-0.25, -0.2) is 0 Å². The maximum atomic E-state index is 13.7. The Hall–Kier alpha value is -3.21. The Morgan fingerprint density at radius 1 is 1.09 bits per heavy atom. The minimum absolute atomic E-state index is 0.105. The summed E-state index contributed by atoms with van der Waals surface area (Å²) in [6.45, 7) is 1.69. The molecule has 0 saturated carbocycles. The average Bonchev–Trinajstić information content (AvgIpc) is 3.07. The number of carbonyl (C=O) groups is 2. The lowest BCUT2D eigenvalue weighted by Gasteiger charge is -2.23. The van der Waals surface area contributed by atoms with Crippen molar-refractivity contribution in [1.29, 1.82) is 0 Å². The summed E-state index contributed by atoms with van der Waals surface area (Å²) in [5.74, 6) is -2.81. The number of aryl methyl sites for hydroxylation is 1. The van der Waals surface area contributed by atoms with Gasteiger partial charge in [-0.05, 0) is 42.8 Å². The van der Waals surface area contributed by atoms with E-state index < -0.39 is 41.4 Å². The first-order chi connectivity index (χ1) is 15.2. The van der Waals surface area contributed by atoms with Crippen molar-refractivity contribution in [3.05, 3.63) is 69.9 Å². The van der Waals surface area contributed by atoms with Gasteiger partial charge < -0.3 is 19.8 Å². The number of rotatable bonds is 5. The molecule has 2 aromatic carbocycles. The predicted molar refractivity (Wildman–Crippen MR) is 105 cm³/mol. The normalized spacial score (nSPS) is 13.2. The van der Waals surface area contributed by atoms with Crippen molar-refractivity contribution in [2.45, 2.75) is 31.9 Å². The molecule has 12 heteroatoms. The molecule has 0 aliphatic carbocycles. The smallest absolute Gasteiger partial charge is 0.416 e. The van der Waals surface area contributed by atoms with Gasteiger partial charge in [0.05, 0.1) is 22.1 Å². The van der Waals surface area contributed by atoms with Crippen LogP contribution in [0.5, 0.6) is 0 Å². The lowest BCUT2D eigenvalue weighted by Crippen LogP contribution is -2.39. The third-order valence-electron chi connectivity index (χ3n) is 4.91. The summed E-state index contributed by atoms with van der Waals surface area (Å²) in [5.41, 5.74) is -2.45. The van der Waals surface area contributed by atoms with Gasteiger partial charge in [-0.2, -0.15) is 26.3 Å². The molecule has 5 nitrogen and oxygen atoms in total. The van der Waals surface area contributed by atoms with Gasteiger partial charge in [-0.15, -0.1) is 0 Å². The lowest BCUT2D eigenvalue weighted by atomic mass is 10.0.